The zero-order valence-corrected chi connectivity index (χ0v) is 28.3. The van der Waals surface area contributed by atoms with E-state index >= 15 is 0 Å². The second-order valence-corrected chi connectivity index (χ2v) is 13.9. The van der Waals surface area contributed by atoms with Gasteiger partial charge >= 0.3 is 10.1 Å². The Morgan fingerprint density at radius 1 is 1.13 bits per heavy atom. The van der Waals surface area contributed by atoms with Crippen LogP contribution < -0.4 is 4.18 Å². The highest BCUT2D eigenvalue weighted by Gasteiger charge is 2.46. The molecule has 0 bridgehead atoms. The molecular weight excluding hydrogens is 614 g/mol. The van der Waals surface area contributed by atoms with Crippen molar-refractivity contribution in [3.8, 4) is 11.9 Å². The lowest BCUT2D eigenvalue weighted by atomic mass is 9.89. The number of rotatable bonds is 13. The fraction of sp³-hybridized carbons (Fsp3) is 0.581. The van der Waals surface area contributed by atoms with Crippen LogP contribution in [0.25, 0.3) is 11.2 Å². The number of aliphatic hydroxyl groups excluding tert-OH is 2. The van der Waals surface area contributed by atoms with Crippen molar-refractivity contribution in [2.24, 2.45) is 4.99 Å². The first-order chi connectivity index (χ1) is 21.7. The molecule has 1 saturated heterocycles. The van der Waals surface area contributed by atoms with Gasteiger partial charge < -0.3 is 28.8 Å². The van der Waals surface area contributed by atoms with Crippen LogP contribution in [0.15, 0.2) is 28.3 Å². The molecule has 250 valence electrons. The van der Waals surface area contributed by atoms with Crippen molar-refractivity contribution in [1.29, 1.82) is 5.26 Å². The summed E-state index contributed by atoms with van der Waals surface area (Å²) >= 11 is 0. The number of aromatic nitrogens is 4. The van der Waals surface area contributed by atoms with Crippen LogP contribution in [-0.2, 0) is 19.6 Å². The second-order valence-electron chi connectivity index (χ2n) is 12.4. The third kappa shape index (κ3) is 7.31. The van der Waals surface area contributed by atoms with Gasteiger partial charge in [-0.25, -0.2) is 9.98 Å². The SMILES string of the molecule is CC(C)c1cc(C(C)C)c(S(=O)(=O)Oc2nc(/N=C/N(C)C)nc3c2ncn3[C@@H]2O[C@H](CO)C(O)[C@@H]2OCCC#N)c(C(C)C)c1. The molecule has 3 aromatic rings. The van der Waals surface area contributed by atoms with Crippen LogP contribution in [0, 0.1) is 11.3 Å². The molecule has 1 aliphatic rings. The van der Waals surface area contributed by atoms with Crippen molar-refractivity contribution < 1.29 is 32.3 Å². The highest BCUT2D eigenvalue weighted by Crippen LogP contribution is 2.39. The van der Waals surface area contributed by atoms with Crippen molar-refractivity contribution in [1.82, 2.24) is 24.4 Å². The van der Waals surface area contributed by atoms with Gasteiger partial charge in [0, 0.05) is 14.1 Å². The molecule has 14 nitrogen and oxygen atoms in total. The summed E-state index contributed by atoms with van der Waals surface area (Å²) in [5.41, 5.74) is 2.40. The number of hydrogen-bond acceptors (Lipinski definition) is 12. The fourth-order valence-corrected chi connectivity index (χ4v) is 6.76. The lowest BCUT2D eigenvalue weighted by Gasteiger charge is -2.22. The first-order valence-corrected chi connectivity index (χ1v) is 16.6. The minimum absolute atomic E-state index is 0.00434. The summed E-state index contributed by atoms with van der Waals surface area (Å²) < 4.78 is 47.5. The molecule has 0 spiro atoms. The van der Waals surface area contributed by atoms with E-state index < -0.39 is 41.3 Å². The normalized spacial score (nSPS) is 20.4. The Hall–Kier alpha value is -3.68. The van der Waals surface area contributed by atoms with Gasteiger partial charge in [0.25, 0.3) is 11.8 Å². The van der Waals surface area contributed by atoms with E-state index in [1.807, 2.05) is 45.9 Å². The Morgan fingerprint density at radius 3 is 2.33 bits per heavy atom. The van der Waals surface area contributed by atoms with Crippen LogP contribution in [-0.4, -0.2) is 95.0 Å². The Morgan fingerprint density at radius 2 is 1.78 bits per heavy atom. The molecule has 1 unspecified atom stereocenters. The summed E-state index contributed by atoms with van der Waals surface area (Å²) in [5.74, 6) is -0.526. The minimum atomic E-state index is -4.47. The van der Waals surface area contributed by atoms with Gasteiger partial charge in [-0.2, -0.15) is 23.6 Å². The van der Waals surface area contributed by atoms with Crippen LogP contribution in [0.1, 0.15) is 88.6 Å². The van der Waals surface area contributed by atoms with Gasteiger partial charge in [0.2, 0.25) is 0 Å². The average Bonchev–Trinajstić information content (AvgIpc) is 3.55. The molecule has 2 N–H and O–H groups in total. The molecule has 0 aliphatic carbocycles. The van der Waals surface area contributed by atoms with Gasteiger partial charge in [-0.3, -0.25) is 4.57 Å². The maximum Gasteiger partial charge on any atom is 0.341 e. The Kier molecular flexibility index (Phi) is 11.0. The average molecular weight is 658 g/mol. The summed E-state index contributed by atoms with van der Waals surface area (Å²) in [6.45, 7) is 11.4. The zero-order chi connectivity index (χ0) is 33.9. The molecular formula is C31H43N7O7S. The number of nitriles is 1. The number of fused-ring (bicyclic) bond motifs is 1. The predicted molar refractivity (Wildman–Crippen MR) is 171 cm³/mol. The predicted octanol–water partition coefficient (Wildman–Crippen LogP) is 3.74. The number of ether oxygens (including phenoxy) is 2. The van der Waals surface area contributed by atoms with E-state index in [2.05, 4.69) is 33.8 Å². The van der Waals surface area contributed by atoms with Crippen molar-refractivity contribution in [2.45, 2.75) is 95.2 Å². The van der Waals surface area contributed by atoms with E-state index in [1.165, 1.54) is 17.2 Å². The van der Waals surface area contributed by atoms with E-state index in [9.17, 15) is 18.6 Å². The maximum atomic E-state index is 14.2. The molecule has 1 aliphatic heterocycles. The fourth-order valence-electron chi connectivity index (χ4n) is 5.19. The molecule has 3 heterocycles. The molecule has 1 aromatic carbocycles. The van der Waals surface area contributed by atoms with Crippen molar-refractivity contribution in [3.05, 3.63) is 35.2 Å². The summed E-state index contributed by atoms with van der Waals surface area (Å²) in [6.07, 6.45) is -1.40. The lowest BCUT2D eigenvalue weighted by Crippen LogP contribution is -2.35. The number of hydrogen-bond donors (Lipinski definition) is 2. The number of aliphatic hydroxyl groups is 2. The topological polar surface area (TPSA) is 185 Å². The zero-order valence-electron chi connectivity index (χ0n) is 27.4. The molecule has 0 amide bonds. The van der Waals surface area contributed by atoms with Crippen LogP contribution in [0.3, 0.4) is 0 Å². The smallest absolute Gasteiger partial charge is 0.341 e. The standard InChI is InChI=1S/C31H43N7O7S/c1-17(2)20-12-21(18(3)4)27(22(13-20)19(5)6)46(41,42)45-29-24-28(35-31(36-29)34-15-37(7)8)38(16-33-24)30-26(43-11-9-10-32)25(40)23(14-39)44-30/h12-13,15-19,23,25-26,30,39-40H,9,11,14H2,1-8H3/b34-15+/t23-,25?,26+,30-/m1/s1. The molecule has 2 aromatic heterocycles. The maximum absolute atomic E-state index is 14.2. The Bertz CT molecular complexity index is 1680. The number of imidazole rings is 1. The van der Waals surface area contributed by atoms with Gasteiger partial charge in [0.05, 0.1) is 38.4 Å². The van der Waals surface area contributed by atoms with Gasteiger partial charge in [0.15, 0.2) is 17.4 Å². The van der Waals surface area contributed by atoms with Gasteiger partial charge in [-0.05, 0) is 34.4 Å². The van der Waals surface area contributed by atoms with E-state index in [0.29, 0.717) is 11.1 Å². The Balaban J connectivity index is 1.89. The molecule has 46 heavy (non-hydrogen) atoms. The highest BCUT2D eigenvalue weighted by molar-refractivity contribution is 7.87. The summed E-state index contributed by atoms with van der Waals surface area (Å²) in [4.78, 5) is 19.3. The summed E-state index contributed by atoms with van der Waals surface area (Å²) in [6, 6.07) is 5.82. The number of aliphatic imine (C=N–C) groups is 1. The van der Waals surface area contributed by atoms with Gasteiger partial charge in [-0.1, -0.05) is 53.7 Å². The van der Waals surface area contributed by atoms with Crippen LogP contribution >= 0.6 is 0 Å². The monoisotopic (exact) mass is 657 g/mol. The third-order valence-corrected chi connectivity index (χ3v) is 8.94. The lowest BCUT2D eigenvalue weighted by molar-refractivity contribution is -0.0693. The first-order valence-electron chi connectivity index (χ1n) is 15.2. The van der Waals surface area contributed by atoms with Crippen molar-refractivity contribution in [3.63, 3.8) is 0 Å². The van der Waals surface area contributed by atoms with E-state index in [1.54, 1.807) is 19.0 Å². The van der Waals surface area contributed by atoms with E-state index in [0.717, 1.165) is 5.56 Å². The van der Waals surface area contributed by atoms with E-state index in [4.69, 9.17) is 18.9 Å². The molecule has 4 atom stereocenters. The minimum Gasteiger partial charge on any atom is -0.394 e. The Labute approximate surface area is 269 Å². The molecule has 1 fully saturated rings. The number of benzene rings is 1. The van der Waals surface area contributed by atoms with Gasteiger partial charge in [-0.15, -0.1) is 0 Å². The van der Waals surface area contributed by atoms with Crippen LogP contribution in [0.2, 0.25) is 0 Å². The van der Waals surface area contributed by atoms with Crippen molar-refractivity contribution in [2.75, 3.05) is 27.3 Å². The molecule has 15 heteroatoms. The second kappa shape index (κ2) is 14.4. The molecule has 0 saturated carbocycles. The summed E-state index contributed by atoms with van der Waals surface area (Å²) in [7, 11) is -0.961. The van der Waals surface area contributed by atoms with E-state index in [-0.39, 0.29) is 58.7 Å². The van der Waals surface area contributed by atoms with Gasteiger partial charge in [0.1, 0.15) is 23.2 Å². The highest BCUT2D eigenvalue weighted by atomic mass is 32.2. The van der Waals surface area contributed by atoms with Crippen LogP contribution in [0.5, 0.6) is 5.88 Å². The van der Waals surface area contributed by atoms with Crippen LogP contribution in [0.4, 0.5) is 5.95 Å². The quantitative estimate of drug-likeness (QED) is 0.118. The largest absolute Gasteiger partial charge is 0.394 e. The number of nitrogens with zero attached hydrogens (tertiary/aromatic N) is 7. The molecule has 4 rings (SSSR count). The van der Waals surface area contributed by atoms with Crippen molar-refractivity contribution >= 4 is 33.6 Å². The summed E-state index contributed by atoms with van der Waals surface area (Å²) in [5, 5.41) is 29.6. The third-order valence-electron chi connectivity index (χ3n) is 7.59. The molecule has 0 radical (unpaired) electrons. The first kappa shape index (κ1) is 35.2.